The second-order valence-electron chi connectivity index (χ2n) is 6.23. The van der Waals surface area contributed by atoms with Gasteiger partial charge in [-0.1, -0.05) is 0 Å². The van der Waals surface area contributed by atoms with Crippen molar-refractivity contribution in [2.45, 2.75) is 31.8 Å². The zero-order valence-corrected chi connectivity index (χ0v) is 13.8. The Labute approximate surface area is 144 Å². The molecule has 0 saturated heterocycles. The standard InChI is InChI=1S/C19H18N2O4/c1-12(16-4-2-10-24-16)21(13-6-7-13)19(23)14-8-9-15(20-18(14)22)17-5-3-11-25-17/h2-5,8-13H,6-7H2,1H3,(H,20,22)/t12-/m0/s1. The van der Waals surface area contributed by atoms with Crippen LogP contribution in [0.3, 0.4) is 0 Å². The number of aromatic amines is 1. The van der Waals surface area contributed by atoms with Gasteiger partial charge >= 0.3 is 0 Å². The normalized spacial score (nSPS) is 15.1. The summed E-state index contributed by atoms with van der Waals surface area (Å²) in [5.74, 6) is 0.988. The molecule has 1 N–H and O–H groups in total. The highest BCUT2D eigenvalue weighted by molar-refractivity contribution is 5.94. The van der Waals surface area contributed by atoms with Crippen LogP contribution in [0.4, 0.5) is 0 Å². The van der Waals surface area contributed by atoms with Gasteiger partial charge in [0.15, 0.2) is 0 Å². The fourth-order valence-electron chi connectivity index (χ4n) is 3.03. The Balaban J connectivity index is 1.66. The molecule has 0 aromatic carbocycles. The number of rotatable bonds is 5. The molecule has 128 valence electrons. The maximum Gasteiger partial charge on any atom is 0.261 e. The highest BCUT2D eigenvalue weighted by Gasteiger charge is 2.38. The summed E-state index contributed by atoms with van der Waals surface area (Å²) < 4.78 is 10.7. The lowest BCUT2D eigenvalue weighted by Gasteiger charge is -2.27. The van der Waals surface area contributed by atoms with E-state index < -0.39 is 5.56 Å². The van der Waals surface area contributed by atoms with Crippen molar-refractivity contribution in [2.24, 2.45) is 0 Å². The fraction of sp³-hybridized carbons (Fsp3) is 0.263. The molecule has 25 heavy (non-hydrogen) atoms. The molecule has 6 heteroatoms. The number of pyridine rings is 1. The summed E-state index contributed by atoms with van der Waals surface area (Å²) in [6.45, 7) is 1.92. The zero-order valence-electron chi connectivity index (χ0n) is 13.8. The molecule has 4 rings (SSSR count). The van der Waals surface area contributed by atoms with Crippen LogP contribution in [0.2, 0.25) is 0 Å². The molecule has 0 spiro atoms. The van der Waals surface area contributed by atoms with Gasteiger partial charge in [-0.15, -0.1) is 0 Å². The number of nitrogens with zero attached hydrogens (tertiary/aromatic N) is 1. The van der Waals surface area contributed by atoms with Crippen LogP contribution in [-0.4, -0.2) is 21.8 Å². The first-order chi connectivity index (χ1) is 12.1. The summed E-state index contributed by atoms with van der Waals surface area (Å²) in [5, 5.41) is 0. The van der Waals surface area contributed by atoms with Gasteiger partial charge in [0.1, 0.15) is 17.1 Å². The average molecular weight is 338 g/mol. The predicted octanol–water partition coefficient (Wildman–Crippen LogP) is 3.59. The zero-order chi connectivity index (χ0) is 17.4. The van der Waals surface area contributed by atoms with Crippen molar-refractivity contribution in [3.05, 3.63) is 70.6 Å². The van der Waals surface area contributed by atoms with Crippen LogP contribution in [0.15, 0.2) is 62.6 Å². The molecule has 0 aliphatic heterocycles. The first-order valence-electron chi connectivity index (χ1n) is 8.28. The quantitative estimate of drug-likeness (QED) is 0.771. The van der Waals surface area contributed by atoms with Gasteiger partial charge in [0.2, 0.25) is 0 Å². The molecule has 0 bridgehead atoms. The molecular weight excluding hydrogens is 320 g/mol. The third kappa shape index (κ3) is 2.91. The molecule has 1 aliphatic rings. The summed E-state index contributed by atoms with van der Waals surface area (Å²) in [4.78, 5) is 30.0. The molecule has 0 unspecified atom stereocenters. The Hall–Kier alpha value is -3.02. The molecule has 3 heterocycles. The number of furan rings is 2. The Morgan fingerprint density at radius 1 is 1.16 bits per heavy atom. The monoisotopic (exact) mass is 338 g/mol. The van der Waals surface area contributed by atoms with Crippen molar-refractivity contribution < 1.29 is 13.6 Å². The Morgan fingerprint density at radius 2 is 1.92 bits per heavy atom. The van der Waals surface area contributed by atoms with Gasteiger partial charge in [-0.05, 0) is 56.2 Å². The molecular formula is C19H18N2O4. The lowest BCUT2D eigenvalue weighted by Crippen LogP contribution is -2.38. The Bertz CT molecular complexity index is 921. The first-order valence-corrected chi connectivity index (χ1v) is 8.28. The topological polar surface area (TPSA) is 79.5 Å². The second kappa shape index (κ2) is 6.12. The first kappa shape index (κ1) is 15.5. The van der Waals surface area contributed by atoms with Crippen LogP contribution in [-0.2, 0) is 0 Å². The molecule has 1 aliphatic carbocycles. The third-order valence-corrected chi connectivity index (χ3v) is 4.47. The van der Waals surface area contributed by atoms with Crippen LogP contribution >= 0.6 is 0 Å². The minimum atomic E-state index is -0.420. The Morgan fingerprint density at radius 3 is 2.52 bits per heavy atom. The van der Waals surface area contributed by atoms with Crippen LogP contribution in [0.5, 0.6) is 0 Å². The number of hydrogen-bond acceptors (Lipinski definition) is 4. The molecule has 3 aromatic rings. The molecule has 1 saturated carbocycles. The summed E-state index contributed by atoms with van der Waals surface area (Å²) in [5.41, 5.74) is 0.250. The van der Waals surface area contributed by atoms with Gasteiger partial charge in [-0.3, -0.25) is 9.59 Å². The molecule has 6 nitrogen and oxygen atoms in total. The molecule has 1 atom stereocenters. The summed E-state index contributed by atoms with van der Waals surface area (Å²) in [7, 11) is 0. The molecule has 3 aromatic heterocycles. The van der Waals surface area contributed by atoms with Gasteiger partial charge in [-0.25, -0.2) is 0 Å². The van der Waals surface area contributed by atoms with E-state index in [9.17, 15) is 9.59 Å². The lowest BCUT2D eigenvalue weighted by atomic mass is 10.1. The molecule has 1 amide bonds. The van der Waals surface area contributed by atoms with Crippen LogP contribution in [0.25, 0.3) is 11.5 Å². The van der Waals surface area contributed by atoms with Crippen molar-refractivity contribution in [2.75, 3.05) is 0 Å². The van der Waals surface area contributed by atoms with E-state index in [-0.39, 0.29) is 23.6 Å². The average Bonchev–Trinajstić information content (AvgIpc) is 3.08. The van der Waals surface area contributed by atoms with Crippen LogP contribution in [0, 0.1) is 0 Å². The van der Waals surface area contributed by atoms with E-state index in [4.69, 9.17) is 8.83 Å². The SMILES string of the molecule is C[C@@H](c1ccco1)N(C(=O)c1ccc(-c2ccco2)[nH]c1=O)C1CC1. The number of nitrogens with one attached hydrogen (secondary N) is 1. The predicted molar refractivity (Wildman–Crippen MR) is 91.1 cm³/mol. The van der Waals surface area contributed by atoms with Gasteiger partial charge < -0.3 is 18.7 Å². The van der Waals surface area contributed by atoms with Crippen molar-refractivity contribution in [1.29, 1.82) is 0 Å². The van der Waals surface area contributed by atoms with Crippen molar-refractivity contribution >= 4 is 5.91 Å². The highest BCUT2D eigenvalue weighted by atomic mass is 16.3. The summed E-state index contributed by atoms with van der Waals surface area (Å²) in [6.07, 6.45) is 5.01. The van der Waals surface area contributed by atoms with Gasteiger partial charge in [-0.2, -0.15) is 0 Å². The number of aromatic nitrogens is 1. The van der Waals surface area contributed by atoms with E-state index in [1.54, 1.807) is 41.5 Å². The van der Waals surface area contributed by atoms with Crippen molar-refractivity contribution in [3.63, 3.8) is 0 Å². The molecule has 0 radical (unpaired) electrons. The number of carbonyl (C=O) groups is 1. The summed E-state index contributed by atoms with van der Waals surface area (Å²) in [6, 6.07) is 10.3. The highest BCUT2D eigenvalue weighted by Crippen LogP contribution is 2.35. The van der Waals surface area contributed by atoms with E-state index in [2.05, 4.69) is 4.98 Å². The third-order valence-electron chi connectivity index (χ3n) is 4.47. The van der Waals surface area contributed by atoms with Gasteiger partial charge in [0.05, 0.1) is 24.3 Å². The van der Waals surface area contributed by atoms with E-state index >= 15 is 0 Å². The summed E-state index contributed by atoms with van der Waals surface area (Å²) >= 11 is 0. The second-order valence-corrected chi connectivity index (χ2v) is 6.23. The maximum absolute atomic E-state index is 13.0. The van der Waals surface area contributed by atoms with Crippen LogP contribution in [0.1, 0.15) is 41.9 Å². The maximum atomic E-state index is 13.0. The minimum Gasteiger partial charge on any atom is -0.467 e. The number of hydrogen-bond donors (Lipinski definition) is 1. The largest absolute Gasteiger partial charge is 0.467 e. The smallest absolute Gasteiger partial charge is 0.261 e. The number of amides is 1. The van der Waals surface area contributed by atoms with Gasteiger partial charge in [0, 0.05) is 6.04 Å². The Kier molecular flexibility index (Phi) is 3.80. The minimum absolute atomic E-state index is 0.126. The van der Waals surface area contributed by atoms with E-state index in [1.807, 2.05) is 13.0 Å². The lowest BCUT2D eigenvalue weighted by molar-refractivity contribution is 0.0651. The van der Waals surface area contributed by atoms with Crippen molar-refractivity contribution in [3.8, 4) is 11.5 Å². The van der Waals surface area contributed by atoms with E-state index in [0.717, 1.165) is 12.8 Å². The number of carbonyl (C=O) groups excluding carboxylic acids is 1. The number of H-pyrrole nitrogens is 1. The van der Waals surface area contributed by atoms with Crippen LogP contribution < -0.4 is 5.56 Å². The fourth-order valence-corrected chi connectivity index (χ4v) is 3.03. The molecule has 1 fully saturated rings. The van der Waals surface area contributed by atoms with Crippen molar-refractivity contribution in [1.82, 2.24) is 9.88 Å². The van der Waals surface area contributed by atoms with E-state index in [0.29, 0.717) is 17.2 Å². The van der Waals surface area contributed by atoms with E-state index in [1.165, 1.54) is 6.26 Å². The van der Waals surface area contributed by atoms with Gasteiger partial charge in [0.25, 0.3) is 11.5 Å².